The fraction of sp³-hybridized carbons (Fsp3) is 0.385. The van der Waals surface area contributed by atoms with Crippen LogP contribution in [0.2, 0.25) is 0 Å². The second kappa shape index (κ2) is 17.5. The van der Waals surface area contributed by atoms with Gasteiger partial charge in [0, 0.05) is 69.1 Å². The smallest absolute Gasteiger partial charge is 0.416 e. The van der Waals surface area contributed by atoms with Gasteiger partial charge in [0.1, 0.15) is 11.5 Å². The number of aromatic nitrogens is 2. The number of hydrogen-bond acceptors (Lipinski definition) is 7. The van der Waals surface area contributed by atoms with E-state index in [1.54, 1.807) is 25.1 Å². The quantitative estimate of drug-likeness (QED) is 0.108. The number of aryl methyl sites for hydroxylation is 1. The van der Waals surface area contributed by atoms with Crippen molar-refractivity contribution in [1.82, 2.24) is 19.4 Å². The van der Waals surface area contributed by atoms with Crippen molar-refractivity contribution in [2.45, 2.75) is 58.9 Å². The van der Waals surface area contributed by atoms with Crippen LogP contribution in [-0.4, -0.2) is 65.2 Å². The van der Waals surface area contributed by atoms with Crippen molar-refractivity contribution in [1.29, 1.82) is 0 Å². The number of alkyl halides is 3. The first kappa shape index (κ1) is 39.0. The van der Waals surface area contributed by atoms with Crippen LogP contribution in [0.15, 0.2) is 82.4 Å². The summed E-state index contributed by atoms with van der Waals surface area (Å²) in [6.45, 7) is 5.44. The molecule has 1 N–H and O–H groups in total. The first-order valence-corrected chi connectivity index (χ1v) is 17.6. The van der Waals surface area contributed by atoms with Crippen molar-refractivity contribution in [3.8, 4) is 0 Å². The molecule has 14 heteroatoms. The molecule has 0 bridgehead atoms. The third-order valence-corrected chi connectivity index (χ3v) is 9.30. The molecule has 4 aromatic rings. The number of anilines is 1. The summed E-state index contributed by atoms with van der Waals surface area (Å²) in [6, 6.07) is 19.1. The average Bonchev–Trinajstić information content (AvgIpc) is 3.13. The molecule has 1 saturated heterocycles. The molecule has 10 nitrogen and oxygen atoms in total. The third-order valence-electron chi connectivity index (χ3n) is 9.30. The van der Waals surface area contributed by atoms with Crippen molar-refractivity contribution in [2.75, 3.05) is 44.2 Å². The standard InChI is InChI=1S/C39H43F4N5O5/c1-3-53-34(49)16-9-18-44-36(50)30-13-7-12-29(24-30)25-45-20-22-46(23-21-45)35-27(2)48(26-31-32(39(41,42)43)14-8-15-33(31)40)38(52)47(37(35)51)19-17-28-10-5-4-6-11-28/h4-8,10-15,24H,3,9,16-23,25-26H2,1-2H3,(H,44,50). The number of esters is 1. The number of nitrogens with one attached hydrogen (secondary N) is 1. The van der Waals surface area contributed by atoms with Gasteiger partial charge in [-0.2, -0.15) is 13.2 Å². The maximum Gasteiger partial charge on any atom is 0.416 e. The highest BCUT2D eigenvalue weighted by Crippen LogP contribution is 2.33. The Hall–Kier alpha value is -5.24. The van der Waals surface area contributed by atoms with Gasteiger partial charge >= 0.3 is 17.8 Å². The van der Waals surface area contributed by atoms with Crippen molar-refractivity contribution in [2.24, 2.45) is 0 Å². The van der Waals surface area contributed by atoms with Gasteiger partial charge in [-0.1, -0.05) is 48.5 Å². The zero-order valence-corrected chi connectivity index (χ0v) is 29.8. The molecule has 0 radical (unpaired) electrons. The number of rotatable bonds is 14. The molecule has 0 spiro atoms. The molecule has 5 rings (SSSR count). The number of ether oxygens (including phenoxy) is 1. The lowest BCUT2D eigenvalue weighted by atomic mass is 10.1. The predicted octanol–water partition coefficient (Wildman–Crippen LogP) is 5.16. The molecule has 0 aliphatic carbocycles. The first-order valence-electron chi connectivity index (χ1n) is 17.6. The van der Waals surface area contributed by atoms with Gasteiger partial charge in [0.2, 0.25) is 0 Å². The maximum atomic E-state index is 15.0. The number of amides is 1. The van der Waals surface area contributed by atoms with E-state index >= 15 is 4.39 Å². The van der Waals surface area contributed by atoms with Gasteiger partial charge in [-0.15, -0.1) is 0 Å². The molecule has 1 aliphatic rings. The van der Waals surface area contributed by atoms with Crippen molar-refractivity contribution < 1.29 is 31.9 Å². The molecule has 53 heavy (non-hydrogen) atoms. The Morgan fingerprint density at radius 1 is 0.868 bits per heavy atom. The largest absolute Gasteiger partial charge is 0.466 e. The molecular weight excluding hydrogens is 694 g/mol. The third kappa shape index (κ3) is 9.80. The lowest BCUT2D eigenvalue weighted by Gasteiger charge is -2.37. The van der Waals surface area contributed by atoms with Gasteiger partial charge < -0.3 is 15.0 Å². The fourth-order valence-corrected chi connectivity index (χ4v) is 6.53. The molecule has 1 aliphatic heterocycles. The van der Waals surface area contributed by atoms with Gasteiger partial charge in [-0.25, -0.2) is 9.18 Å². The number of carbonyl (C=O) groups excluding carboxylic acids is 2. The predicted molar refractivity (Wildman–Crippen MR) is 192 cm³/mol. The summed E-state index contributed by atoms with van der Waals surface area (Å²) in [4.78, 5) is 56.2. The zero-order valence-electron chi connectivity index (χ0n) is 29.8. The van der Waals surface area contributed by atoms with E-state index < -0.39 is 40.9 Å². The lowest BCUT2D eigenvalue weighted by Crippen LogP contribution is -2.51. The minimum absolute atomic E-state index is 0.0202. The molecule has 3 aromatic carbocycles. The van der Waals surface area contributed by atoms with Gasteiger partial charge in [-0.05, 0) is 62.1 Å². The second-order valence-corrected chi connectivity index (χ2v) is 12.9. The van der Waals surface area contributed by atoms with Gasteiger partial charge in [0.05, 0.1) is 18.7 Å². The number of benzene rings is 3. The van der Waals surface area contributed by atoms with Crippen LogP contribution in [0.4, 0.5) is 23.2 Å². The number of carbonyl (C=O) groups is 2. The maximum absolute atomic E-state index is 15.0. The summed E-state index contributed by atoms with van der Waals surface area (Å²) in [5.74, 6) is -1.66. The Bertz CT molecular complexity index is 2020. The number of piperazine rings is 1. The first-order chi connectivity index (χ1) is 25.4. The fourth-order valence-electron chi connectivity index (χ4n) is 6.53. The van der Waals surface area contributed by atoms with Crippen molar-refractivity contribution >= 4 is 17.6 Å². The second-order valence-electron chi connectivity index (χ2n) is 12.9. The average molecular weight is 738 g/mol. The van der Waals surface area contributed by atoms with Crippen LogP contribution >= 0.6 is 0 Å². The summed E-state index contributed by atoms with van der Waals surface area (Å²) < 4.78 is 63.9. The van der Waals surface area contributed by atoms with E-state index in [1.165, 1.54) is 6.92 Å². The molecule has 1 aromatic heterocycles. The minimum atomic E-state index is -4.86. The van der Waals surface area contributed by atoms with Crippen LogP contribution in [0.1, 0.15) is 58.1 Å². The minimum Gasteiger partial charge on any atom is -0.466 e. The van der Waals surface area contributed by atoms with E-state index in [1.807, 2.05) is 41.3 Å². The highest BCUT2D eigenvalue weighted by Gasteiger charge is 2.35. The van der Waals surface area contributed by atoms with Crippen LogP contribution < -0.4 is 21.5 Å². The van der Waals surface area contributed by atoms with Crippen LogP contribution in [-0.2, 0) is 41.8 Å². The molecule has 0 atom stereocenters. The highest BCUT2D eigenvalue weighted by molar-refractivity contribution is 5.94. The van der Waals surface area contributed by atoms with Gasteiger partial charge in [0.15, 0.2) is 0 Å². The van der Waals surface area contributed by atoms with Crippen LogP contribution in [0.5, 0.6) is 0 Å². The van der Waals surface area contributed by atoms with E-state index in [2.05, 4.69) is 10.2 Å². The molecule has 2 heterocycles. The Labute approximate surface area is 304 Å². The highest BCUT2D eigenvalue weighted by atomic mass is 19.4. The molecule has 282 valence electrons. The Balaban J connectivity index is 1.34. The number of halogens is 4. The van der Waals surface area contributed by atoms with E-state index in [0.29, 0.717) is 64.3 Å². The molecule has 1 amide bonds. The molecule has 0 saturated carbocycles. The summed E-state index contributed by atoms with van der Waals surface area (Å²) in [6.07, 6.45) is -3.86. The molecule has 1 fully saturated rings. The molecular formula is C39H43F4N5O5. The van der Waals surface area contributed by atoms with Crippen molar-refractivity contribution in [3.63, 3.8) is 0 Å². The number of nitrogens with zero attached hydrogens (tertiary/aromatic N) is 4. The van der Waals surface area contributed by atoms with Gasteiger partial charge in [0.25, 0.3) is 11.5 Å². The monoisotopic (exact) mass is 737 g/mol. The van der Waals surface area contributed by atoms with Crippen molar-refractivity contribution in [3.05, 3.63) is 133 Å². The summed E-state index contributed by atoms with van der Waals surface area (Å²) in [5, 5.41) is 2.82. The van der Waals surface area contributed by atoms with Crippen LogP contribution in [0.3, 0.4) is 0 Å². The normalized spacial score (nSPS) is 13.6. The van der Waals surface area contributed by atoms with Crippen LogP contribution in [0.25, 0.3) is 0 Å². The number of hydrogen-bond donors (Lipinski definition) is 1. The topological polar surface area (TPSA) is 106 Å². The van der Waals surface area contributed by atoms with Gasteiger partial charge in [-0.3, -0.25) is 28.4 Å². The Morgan fingerprint density at radius 3 is 2.26 bits per heavy atom. The molecule has 0 unspecified atom stereocenters. The van der Waals surface area contributed by atoms with E-state index in [9.17, 15) is 32.3 Å². The van der Waals surface area contributed by atoms with E-state index in [0.717, 1.165) is 38.5 Å². The Morgan fingerprint density at radius 2 is 1.57 bits per heavy atom. The summed E-state index contributed by atoms with van der Waals surface area (Å²) in [7, 11) is 0. The van der Waals surface area contributed by atoms with Crippen LogP contribution in [0, 0.1) is 12.7 Å². The van der Waals surface area contributed by atoms with E-state index in [-0.39, 0.29) is 36.2 Å². The summed E-state index contributed by atoms with van der Waals surface area (Å²) >= 11 is 0. The van der Waals surface area contributed by atoms with E-state index in [4.69, 9.17) is 4.74 Å². The summed E-state index contributed by atoms with van der Waals surface area (Å²) in [5.41, 5.74) is -0.649. The zero-order chi connectivity index (χ0) is 38.1. The Kier molecular flexibility index (Phi) is 12.9. The SMILES string of the molecule is CCOC(=O)CCCNC(=O)c1cccc(CN2CCN(c3c(C)n(Cc4c(F)cccc4C(F)(F)F)c(=O)n(CCc4ccccc4)c3=O)CC2)c1. The lowest BCUT2D eigenvalue weighted by molar-refractivity contribution is -0.143.